The molecule has 3 aromatic rings. The van der Waals surface area contributed by atoms with Crippen molar-refractivity contribution in [3.8, 4) is 22.6 Å². The van der Waals surface area contributed by atoms with Crippen molar-refractivity contribution in [2.24, 2.45) is 0 Å². The van der Waals surface area contributed by atoms with Gasteiger partial charge in [0.2, 0.25) is 0 Å². The normalized spacial score (nSPS) is 12.7. The van der Waals surface area contributed by atoms with Gasteiger partial charge in [-0.25, -0.2) is 4.98 Å². The van der Waals surface area contributed by atoms with Gasteiger partial charge in [-0.1, -0.05) is 23.7 Å². The van der Waals surface area contributed by atoms with Crippen molar-refractivity contribution in [1.29, 1.82) is 0 Å². The molecule has 0 aliphatic carbocycles. The SMILES string of the molecule is CC(C)(C)n1nccc1-c1cc(C(=O)NC(C)(C)C(F)(F)F)cc(-c2ccc(Cl)cc2)n1. The Bertz CT molecular complexity index is 1130. The smallest absolute Gasteiger partial charge is 0.338 e. The Labute approximate surface area is 189 Å². The minimum Gasteiger partial charge on any atom is -0.338 e. The largest absolute Gasteiger partial charge is 0.410 e. The number of halogens is 4. The lowest BCUT2D eigenvalue weighted by Crippen LogP contribution is -2.54. The third-order valence-electron chi connectivity index (χ3n) is 4.90. The molecule has 2 aromatic heterocycles. The molecule has 0 saturated carbocycles. The van der Waals surface area contributed by atoms with Crippen LogP contribution >= 0.6 is 11.6 Å². The van der Waals surface area contributed by atoms with Crippen LogP contribution in [0.25, 0.3) is 22.6 Å². The number of hydrogen-bond acceptors (Lipinski definition) is 3. The predicted octanol–water partition coefficient (Wildman–Crippen LogP) is 6.09. The van der Waals surface area contributed by atoms with Crippen LogP contribution in [-0.4, -0.2) is 32.4 Å². The van der Waals surface area contributed by atoms with Crippen LogP contribution in [0.3, 0.4) is 0 Å². The molecular formula is C23H24ClF3N4O. The van der Waals surface area contributed by atoms with Crippen LogP contribution < -0.4 is 5.32 Å². The number of nitrogens with one attached hydrogen (secondary N) is 1. The van der Waals surface area contributed by atoms with Gasteiger partial charge in [-0.3, -0.25) is 9.48 Å². The molecule has 3 rings (SSSR count). The van der Waals surface area contributed by atoms with Crippen LogP contribution in [0.1, 0.15) is 45.0 Å². The molecular weight excluding hydrogens is 441 g/mol. The summed E-state index contributed by atoms with van der Waals surface area (Å²) in [5, 5.41) is 6.96. The maximum absolute atomic E-state index is 13.3. The van der Waals surface area contributed by atoms with Gasteiger partial charge in [-0.2, -0.15) is 18.3 Å². The summed E-state index contributed by atoms with van der Waals surface area (Å²) in [4.78, 5) is 17.5. The zero-order valence-corrected chi connectivity index (χ0v) is 19.1. The standard InChI is InChI=1S/C23H24ClF3N4O/c1-21(2,3)31-19(10-11-28-31)18-13-15(20(32)30-22(4,5)23(25,26)27)12-17(29-18)14-6-8-16(24)9-7-14/h6-13H,1-5H3,(H,30,32). The van der Waals surface area contributed by atoms with Crippen molar-refractivity contribution in [2.75, 3.05) is 0 Å². The van der Waals surface area contributed by atoms with Gasteiger partial charge in [-0.15, -0.1) is 0 Å². The summed E-state index contributed by atoms with van der Waals surface area (Å²) in [6.45, 7) is 7.73. The summed E-state index contributed by atoms with van der Waals surface area (Å²) >= 11 is 5.98. The summed E-state index contributed by atoms with van der Waals surface area (Å²) in [6, 6.07) is 11.5. The number of pyridine rings is 1. The second kappa shape index (κ2) is 8.24. The number of alkyl halides is 3. The Balaban J connectivity index is 2.15. The quantitative estimate of drug-likeness (QED) is 0.508. The highest BCUT2D eigenvalue weighted by Gasteiger charge is 2.48. The third-order valence-corrected chi connectivity index (χ3v) is 5.15. The number of rotatable bonds is 4. The molecule has 0 unspecified atom stereocenters. The van der Waals surface area contributed by atoms with Crippen LogP contribution in [0.5, 0.6) is 0 Å². The fourth-order valence-electron chi connectivity index (χ4n) is 3.02. The summed E-state index contributed by atoms with van der Waals surface area (Å²) in [5.41, 5.74) is -0.576. The van der Waals surface area contributed by atoms with Crippen molar-refractivity contribution >= 4 is 17.5 Å². The van der Waals surface area contributed by atoms with Crippen molar-refractivity contribution in [1.82, 2.24) is 20.1 Å². The highest BCUT2D eigenvalue weighted by molar-refractivity contribution is 6.30. The Kier molecular flexibility index (Phi) is 6.12. The summed E-state index contributed by atoms with van der Waals surface area (Å²) in [6.07, 6.45) is -2.99. The first kappa shape index (κ1) is 23.8. The fourth-order valence-corrected chi connectivity index (χ4v) is 3.15. The van der Waals surface area contributed by atoms with Gasteiger partial charge in [-0.05, 0) is 65.0 Å². The first-order chi connectivity index (χ1) is 14.7. The molecule has 0 spiro atoms. The van der Waals surface area contributed by atoms with Crippen LogP contribution in [0, 0.1) is 0 Å². The van der Waals surface area contributed by atoms with Crippen molar-refractivity contribution in [2.45, 2.75) is 51.9 Å². The van der Waals surface area contributed by atoms with Crippen LogP contribution in [0.15, 0.2) is 48.7 Å². The molecule has 0 saturated heterocycles. The van der Waals surface area contributed by atoms with Crippen LogP contribution in [0.2, 0.25) is 5.02 Å². The zero-order valence-electron chi connectivity index (χ0n) is 18.4. The van der Waals surface area contributed by atoms with E-state index in [2.05, 4.69) is 15.4 Å². The minimum atomic E-state index is -4.61. The maximum Gasteiger partial charge on any atom is 0.410 e. The monoisotopic (exact) mass is 464 g/mol. The summed E-state index contributed by atoms with van der Waals surface area (Å²) in [5.74, 6) is -0.854. The third kappa shape index (κ3) is 4.96. The average Bonchev–Trinajstić information content (AvgIpc) is 3.17. The predicted molar refractivity (Wildman–Crippen MR) is 119 cm³/mol. The van der Waals surface area contributed by atoms with E-state index >= 15 is 0 Å². The Morgan fingerprint density at radius 2 is 1.56 bits per heavy atom. The Morgan fingerprint density at radius 3 is 2.12 bits per heavy atom. The average molecular weight is 465 g/mol. The number of amides is 1. The lowest BCUT2D eigenvalue weighted by molar-refractivity contribution is -0.182. The molecule has 32 heavy (non-hydrogen) atoms. The van der Waals surface area contributed by atoms with Crippen LogP contribution in [-0.2, 0) is 5.54 Å². The lowest BCUT2D eigenvalue weighted by atomic mass is 10.0. The molecule has 170 valence electrons. The number of nitrogens with zero attached hydrogens (tertiary/aromatic N) is 3. The second-order valence-corrected chi connectivity index (χ2v) is 9.45. The molecule has 0 fully saturated rings. The fraction of sp³-hybridized carbons (Fsp3) is 0.348. The number of hydrogen-bond donors (Lipinski definition) is 1. The Hall–Kier alpha value is -2.87. The second-order valence-electron chi connectivity index (χ2n) is 9.01. The van der Waals surface area contributed by atoms with E-state index in [9.17, 15) is 18.0 Å². The van der Waals surface area contributed by atoms with E-state index in [4.69, 9.17) is 11.6 Å². The summed E-state index contributed by atoms with van der Waals surface area (Å²) in [7, 11) is 0. The molecule has 0 atom stereocenters. The maximum atomic E-state index is 13.3. The lowest BCUT2D eigenvalue weighted by Gasteiger charge is -2.29. The minimum absolute atomic E-state index is 0.0546. The van der Waals surface area contributed by atoms with E-state index in [0.717, 1.165) is 13.8 Å². The van der Waals surface area contributed by atoms with Crippen LogP contribution in [0.4, 0.5) is 13.2 Å². The van der Waals surface area contributed by atoms with Gasteiger partial charge < -0.3 is 5.32 Å². The molecule has 0 radical (unpaired) electrons. The van der Waals surface area contributed by atoms with E-state index < -0.39 is 17.6 Å². The van der Waals surface area contributed by atoms with E-state index in [1.807, 2.05) is 20.8 Å². The Morgan fingerprint density at radius 1 is 0.969 bits per heavy atom. The van der Waals surface area contributed by atoms with E-state index in [-0.39, 0.29) is 11.1 Å². The van der Waals surface area contributed by atoms with Crippen molar-refractivity contribution in [3.05, 3.63) is 59.2 Å². The van der Waals surface area contributed by atoms with Gasteiger partial charge >= 0.3 is 6.18 Å². The first-order valence-electron chi connectivity index (χ1n) is 9.91. The molecule has 5 nitrogen and oxygen atoms in total. The van der Waals surface area contributed by atoms with Gasteiger partial charge in [0, 0.05) is 22.3 Å². The van der Waals surface area contributed by atoms with Gasteiger partial charge in [0.05, 0.1) is 22.6 Å². The van der Waals surface area contributed by atoms with Crippen molar-refractivity contribution in [3.63, 3.8) is 0 Å². The zero-order chi connectivity index (χ0) is 23.9. The number of benzene rings is 1. The molecule has 1 aromatic carbocycles. The van der Waals surface area contributed by atoms with Gasteiger partial charge in [0.1, 0.15) is 5.54 Å². The van der Waals surface area contributed by atoms with Crippen molar-refractivity contribution < 1.29 is 18.0 Å². The number of carbonyl (C=O) groups is 1. The van der Waals surface area contributed by atoms with E-state index in [0.29, 0.717) is 27.7 Å². The molecule has 0 bridgehead atoms. The number of carbonyl (C=O) groups excluding carboxylic acids is 1. The summed E-state index contributed by atoms with van der Waals surface area (Å²) < 4.78 is 41.7. The molecule has 1 N–H and O–H groups in total. The van der Waals surface area contributed by atoms with Gasteiger partial charge in [0.15, 0.2) is 0 Å². The van der Waals surface area contributed by atoms with E-state index in [1.54, 1.807) is 41.2 Å². The molecule has 0 aliphatic heterocycles. The van der Waals surface area contributed by atoms with Gasteiger partial charge in [0.25, 0.3) is 5.91 Å². The highest BCUT2D eigenvalue weighted by Crippen LogP contribution is 2.31. The number of aromatic nitrogens is 3. The molecule has 9 heteroatoms. The van der Waals surface area contributed by atoms with E-state index in [1.165, 1.54) is 12.1 Å². The topological polar surface area (TPSA) is 59.8 Å². The highest BCUT2D eigenvalue weighted by atomic mass is 35.5. The first-order valence-corrected chi connectivity index (χ1v) is 10.3. The molecule has 1 amide bonds. The molecule has 2 heterocycles. The molecule has 0 aliphatic rings.